The number of carbonyl (C=O) groups is 1. The van der Waals surface area contributed by atoms with Crippen molar-refractivity contribution >= 4 is 21.8 Å². The van der Waals surface area contributed by atoms with E-state index in [4.69, 9.17) is 0 Å². The number of hydrogen-bond donors (Lipinski definition) is 1. The lowest BCUT2D eigenvalue weighted by atomic mass is 10.2. The Labute approximate surface area is 160 Å². The van der Waals surface area contributed by atoms with Crippen LogP contribution in [0.5, 0.6) is 0 Å². The molecule has 2 aromatic rings. The highest BCUT2D eigenvalue weighted by Crippen LogP contribution is 2.21. The maximum absolute atomic E-state index is 13.9. The molecule has 1 saturated heterocycles. The highest BCUT2D eigenvalue weighted by molar-refractivity contribution is 7.86. The summed E-state index contributed by atoms with van der Waals surface area (Å²) in [7, 11) is -3.98. The molecule has 1 amide bonds. The summed E-state index contributed by atoms with van der Waals surface area (Å²) in [4.78, 5) is 12.2. The van der Waals surface area contributed by atoms with Gasteiger partial charge in [0.2, 0.25) is 5.91 Å². The molecule has 0 spiro atoms. The molecular formula is C18H18F3N3O3S. The summed E-state index contributed by atoms with van der Waals surface area (Å²) >= 11 is 0. The highest BCUT2D eigenvalue weighted by Gasteiger charge is 2.35. The predicted octanol–water partition coefficient (Wildman–Crippen LogP) is 2.50. The fourth-order valence-electron chi connectivity index (χ4n) is 2.89. The Balaban J connectivity index is 1.68. The van der Waals surface area contributed by atoms with Gasteiger partial charge in [-0.15, -0.1) is 0 Å². The van der Waals surface area contributed by atoms with Gasteiger partial charge in [0.15, 0.2) is 11.6 Å². The molecule has 2 aromatic carbocycles. The van der Waals surface area contributed by atoms with Gasteiger partial charge in [-0.25, -0.2) is 13.2 Å². The summed E-state index contributed by atoms with van der Waals surface area (Å²) in [5, 5.41) is 2.34. The van der Waals surface area contributed by atoms with Crippen molar-refractivity contribution in [1.82, 2.24) is 8.61 Å². The van der Waals surface area contributed by atoms with Crippen molar-refractivity contribution in [2.24, 2.45) is 0 Å². The van der Waals surface area contributed by atoms with E-state index in [1.54, 1.807) is 6.07 Å². The van der Waals surface area contributed by atoms with Crippen molar-refractivity contribution in [1.29, 1.82) is 0 Å². The molecule has 0 atom stereocenters. The summed E-state index contributed by atoms with van der Waals surface area (Å²) < 4.78 is 67.6. The molecule has 3 rings (SSSR count). The monoisotopic (exact) mass is 413 g/mol. The van der Waals surface area contributed by atoms with Gasteiger partial charge in [-0.2, -0.15) is 17.0 Å². The third-order valence-electron chi connectivity index (χ3n) is 4.30. The number of nitrogens with zero attached hydrogens (tertiary/aromatic N) is 2. The van der Waals surface area contributed by atoms with Crippen molar-refractivity contribution < 1.29 is 26.4 Å². The number of rotatable bonds is 5. The topological polar surface area (TPSA) is 69.7 Å². The summed E-state index contributed by atoms with van der Waals surface area (Å²) in [6, 6.07) is 8.71. The Hall–Kier alpha value is -2.43. The maximum atomic E-state index is 13.9. The van der Waals surface area contributed by atoms with Crippen molar-refractivity contribution in [2.45, 2.75) is 13.0 Å². The van der Waals surface area contributed by atoms with E-state index in [1.807, 2.05) is 0 Å². The van der Waals surface area contributed by atoms with Crippen molar-refractivity contribution in [3.05, 3.63) is 65.5 Å². The lowest BCUT2D eigenvalue weighted by Gasteiger charge is -2.34. The maximum Gasteiger partial charge on any atom is 0.282 e. The van der Waals surface area contributed by atoms with Gasteiger partial charge >= 0.3 is 0 Å². The van der Waals surface area contributed by atoms with Gasteiger partial charge in [-0.3, -0.25) is 4.79 Å². The highest BCUT2D eigenvalue weighted by atomic mass is 32.2. The fraction of sp³-hybridized carbons (Fsp3) is 0.278. The molecule has 0 aliphatic carbocycles. The minimum atomic E-state index is -3.98. The van der Waals surface area contributed by atoms with Gasteiger partial charge in [-0.1, -0.05) is 18.2 Å². The first-order valence-electron chi connectivity index (χ1n) is 8.51. The Morgan fingerprint density at radius 1 is 0.964 bits per heavy atom. The van der Waals surface area contributed by atoms with Crippen LogP contribution in [0.1, 0.15) is 12.0 Å². The Morgan fingerprint density at radius 3 is 2.39 bits per heavy atom. The van der Waals surface area contributed by atoms with Gasteiger partial charge in [0, 0.05) is 37.0 Å². The van der Waals surface area contributed by atoms with Crippen LogP contribution in [0, 0.1) is 17.5 Å². The standard InChI is InChI=1S/C18H18F3N3O3S/c19-15-5-2-1-4-13(15)11-23-8-3-9-24(28(23,26)27)12-18(25)22-14-6-7-16(20)17(21)10-14/h1-2,4-7,10H,3,8-9,11-12H2,(H,22,25). The zero-order chi connectivity index (χ0) is 20.3. The third-order valence-corrected chi connectivity index (χ3v) is 6.22. The Bertz CT molecular complexity index is 985. The first-order valence-corrected chi connectivity index (χ1v) is 9.90. The predicted molar refractivity (Wildman–Crippen MR) is 96.9 cm³/mol. The van der Waals surface area contributed by atoms with Crippen LogP contribution in [-0.4, -0.2) is 42.6 Å². The molecule has 0 radical (unpaired) electrons. The molecule has 6 nitrogen and oxygen atoms in total. The van der Waals surface area contributed by atoms with E-state index in [0.717, 1.165) is 20.7 Å². The van der Waals surface area contributed by atoms with Gasteiger partial charge in [0.1, 0.15) is 5.82 Å². The van der Waals surface area contributed by atoms with E-state index in [0.29, 0.717) is 6.42 Å². The molecule has 150 valence electrons. The Kier molecular flexibility index (Phi) is 6.01. The molecule has 10 heteroatoms. The molecular weight excluding hydrogens is 395 g/mol. The zero-order valence-electron chi connectivity index (χ0n) is 14.7. The smallest absolute Gasteiger partial charge is 0.282 e. The quantitative estimate of drug-likeness (QED) is 0.819. The van der Waals surface area contributed by atoms with Gasteiger partial charge in [0.05, 0.1) is 6.54 Å². The number of anilines is 1. The van der Waals surface area contributed by atoms with E-state index in [9.17, 15) is 26.4 Å². The molecule has 0 bridgehead atoms. The average Bonchev–Trinajstić information content (AvgIpc) is 2.63. The molecule has 0 unspecified atom stereocenters. The molecule has 1 aliphatic heterocycles. The minimum absolute atomic E-state index is 0.0153. The van der Waals surface area contributed by atoms with Crippen LogP contribution in [0.25, 0.3) is 0 Å². The normalized spacial score (nSPS) is 17.4. The van der Waals surface area contributed by atoms with E-state index in [2.05, 4.69) is 5.32 Å². The summed E-state index contributed by atoms with van der Waals surface area (Å²) in [5.41, 5.74) is 0.251. The average molecular weight is 413 g/mol. The van der Waals surface area contributed by atoms with Crippen LogP contribution in [0.4, 0.5) is 18.9 Å². The molecule has 1 aliphatic rings. The van der Waals surface area contributed by atoms with Crippen molar-refractivity contribution in [3.8, 4) is 0 Å². The third kappa shape index (κ3) is 4.51. The summed E-state index contributed by atoms with van der Waals surface area (Å²) in [6.07, 6.45) is 0.464. The van der Waals surface area contributed by atoms with Crippen LogP contribution < -0.4 is 5.32 Å². The summed E-state index contributed by atoms with van der Waals surface area (Å²) in [6.45, 7) is -0.301. The second-order valence-corrected chi connectivity index (χ2v) is 8.23. The molecule has 0 saturated carbocycles. The van der Waals surface area contributed by atoms with E-state index >= 15 is 0 Å². The number of hydrogen-bond acceptors (Lipinski definition) is 3. The SMILES string of the molecule is O=C(CN1CCCN(Cc2ccccc2F)S1(=O)=O)Nc1ccc(F)c(F)c1. The lowest BCUT2D eigenvalue weighted by molar-refractivity contribution is -0.116. The van der Waals surface area contributed by atoms with E-state index in [1.165, 1.54) is 24.3 Å². The molecule has 28 heavy (non-hydrogen) atoms. The first kappa shape index (κ1) is 20.3. The summed E-state index contributed by atoms with van der Waals surface area (Å²) in [5.74, 6) is -3.38. The molecule has 0 aromatic heterocycles. The largest absolute Gasteiger partial charge is 0.325 e. The lowest BCUT2D eigenvalue weighted by Crippen LogP contribution is -2.51. The fourth-order valence-corrected chi connectivity index (χ4v) is 4.52. The second kappa shape index (κ2) is 8.29. The van der Waals surface area contributed by atoms with Gasteiger partial charge < -0.3 is 5.32 Å². The van der Waals surface area contributed by atoms with Gasteiger partial charge in [0.25, 0.3) is 10.2 Å². The van der Waals surface area contributed by atoms with E-state index in [-0.39, 0.29) is 30.9 Å². The van der Waals surface area contributed by atoms with Crippen molar-refractivity contribution in [3.63, 3.8) is 0 Å². The Morgan fingerprint density at radius 2 is 1.68 bits per heavy atom. The number of halogens is 3. The zero-order valence-corrected chi connectivity index (χ0v) is 15.6. The van der Waals surface area contributed by atoms with Crippen LogP contribution in [0.2, 0.25) is 0 Å². The number of benzene rings is 2. The van der Waals surface area contributed by atoms with E-state index < -0.39 is 40.1 Å². The number of amides is 1. The molecule has 1 fully saturated rings. The van der Waals surface area contributed by atoms with Crippen LogP contribution in [-0.2, 0) is 21.5 Å². The molecule has 1 N–H and O–H groups in total. The van der Waals surface area contributed by atoms with Crippen LogP contribution in [0.15, 0.2) is 42.5 Å². The second-order valence-electron chi connectivity index (χ2n) is 6.30. The number of nitrogens with one attached hydrogen (secondary N) is 1. The number of carbonyl (C=O) groups excluding carboxylic acids is 1. The molecule has 1 heterocycles. The first-order chi connectivity index (χ1) is 13.3. The minimum Gasteiger partial charge on any atom is -0.325 e. The van der Waals surface area contributed by atoms with Crippen LogP contribution >= 0.6 is 0 Å². The van der Waals surface area contributed by atoms with Crippen molar-refractivity contribution in [2.75, 3.05) is 25.0 Å². The van der Waals surface area contributed by atoms with Gasteiger partial charge in [-0.05, 0) is 24.6 Å². The van der Waals surface area contributed by atoms with Crippen LogP contribution in [0.3, 0.4) is 0 Å².